The van der Waals surface area contributed by atoms with Crippen LogP contribution in [0.25, 0.3) is 0 Å². The van der Waals surface area contributed by atoms with E-state index in [9.17, 15) is 0 Å². The second kappa shape index (κ2) is 7.31. The van der Waals surface area contributed by atoms with Crippen LogP contribution in [0.15, 0.2) is 24.3 Å². The van der Waals surface area contributed by atoms with Crippen molar-refractivity contribution < 1.29 is 4.74 Å². The third-order valence-corrected chi connectivity index (χ3v) is 4.14. The van der Waals surface area contributed by atoms with Gasteiger partial charge < -0.3 is 10.1 Å². The Labute approximate surface area is 121 Å². The summed E-state index contributed by atoms with van der Waals surface area (Å²) < 4.78 is 5.32. The van der Waals surface area contributed by atoms with E-state index in [2.05, 4.69) is 18.3 Å². The van der Waals surface area contributed by atoms with Gasteiger partial charge in [-0.3, -0.25) is 0 Å². The number of nitrogens with one attached hydrogen (secondary N) is 1. The predicted molar refractivity (Wildman–Crippen MR) is 80.4 cm³/mol. The van der Waals surface area contributed by atoms with Gasteiger partial charge in [-0.1, -0.05) is 38.3 Å². The maximum atomic E-state index is 8.52. The molecular formula is C17H24N2O. The Morgan fingerprint density at radius 2 is 2.10 bits per heavy atom. The van der Waals surface area contributed by atoms with Crippen LogP contribution in [0.2, 0.25) is 0 Å². The Morgan fingerprint density at radius 3 is 2.85 bits per heavy atom. The van der Waals surface area contributed by atoms with Crippen LogP contribution in [0.4, 0.5) is 0 Å². The zero-order valence-corrected chi connectivity index (χ0v) is 12.3. The molecule has 0 aromatic heterocycles. The Kier molecular flexibility index (Phi) is 5.43. The summed E-state index contributed by atoms with van der Waals surface area (Å²) in [6.07, 6.45) is 6.82. The van der Waals surface area contributed by atoms with Gasteiger partial charge in [0.2, 0.25) is 0 Å². The first-order valence-corrected chi connectivity index (χ1v) is 7.51. The third-order valence-electron chi connectivity index (χ3n) is 4.14. The molecule has 1 saturated carbocycles. The molecule has 1 aliphatic rings. The van der Waals surface area contributed by atoms with Crippen LogP contribution in [0.5, 0.6) is 5.75 Å². The molecule has 0 saturated heterocycles. The van der Waals surface area contributed by atoms with Gasteiger partial charge in [0, 0.05) is 13.1 Å². The van der Waals surface area contributed by atoms with E-state index in [4.69, 9.17) is 10.00 Å². The lowest BCUT2D eigenvalue weighted by atomic mass is 9.76. The lowest BCUT2D eigenvalue weighted by Crippen LogP contribution is -2.33. The van der Waals surface area contributed by atoms with Gasteiger partial charge in [-0.2, -0.15) is 5.26 Å². The average Bonchev–Trinajstić information content (AvgIpc) is 2.46. The predicted octanol–water partition coefficient (Wildman–Crippen LogP) is 3.65. The number of nitrogens with zero attached hydrogens (tertiary/aromatic N) is 1. The Balaban J connectivity index is 1.80. The first-order chi connectivity index (χ1) is 9.72. The van der Waals surface area contributed by atoms with Crippen molar-refractivity contribution in [3.8, 4) is 11.8 Å². The molecule has 20 heavy (non-hydrogen) atoms. The molecule has 108 valence electrons. The highest BCUT2D eigenvalue weighted by Crippen LogP contribution is 2.34. The minimum atomic E-state index is 0.106. The highest BCUT2D eigenvalue weighted by molar-refractivity contribution is 5.28. The van der Waals surface area contributed by atoms with Crippen LogP contribution < -0.4 is 10.1 Å². The van der Waals surface area contributed by atoms with Crippen LogP contribution in [0.1, 0.15) is 44.6 Å². The molecule has 0 bridgehead atoms. The Hall–Kier alpha value is -1.53. The van der Waals surface area contributed by atoms with Crippen molar-refractivity contribution in [2.45, 2.75) is 45.6 Å². The van der Waals surface area contributed by atoms with Crippen LogP contribution in [-0.2, 0) is 6.54 Å². The van der Waals surface area contributed by atoms with Gasteiger partial charge in [-0.05, 0) is 36.0 Å². The van der Waals surface area contributed by atoms with Gasteiger partial charge >= 0.3 is 0 Å². The number of hydrogen-bond acceptors (Lipinski definition) is 3. The molecule has 0 heterocycles. The normalized spacial score (nSPS) is 17.4. The van der Waals surface area contributed by atoms with Crippen molar-refractivity contribution in [3.63, 3.8) is 0 Å². The standard InChI is InChI=1S/C17H24N2O/c1-17(8-3-2-4-9-17)14-19-13-15-6-5-7-16(12-15)20-11-10-18/h5-7,12,19H,2-4,8-9,11,13-14H2,1H3. The summed E-state index contributed by atoms with van der Waals surface area (Å²) in [6, 6.07) is 9.96. The molecule has 1 aromatic carbocycles. The number of ether oxygens (including phenoxy) is 1. The van der Waals surface area contributed by atoms with Crippen molar-refractivity contribution in [1.29, 1.82) is 5.26 Å². The number of hydrogen-bond donors (Lipinski definition) is 1. The Bertz CT molecular complexity index is 458. The summed E-state index contributed by atoms with van der Waals surface area (Å²) >= 11 is 0. The highest BCUT2D eigenvalue weighted by Gasteiger charge is 2.25. The quantitative estimate of drug-likeness (QED) is 0.859. The lowest BCUT2D eigenvalue weighted by Gasteiger charge is -2.33. The van der Waals surface area contributed by atoms with Crippen molar-refractivity contribution >= 4 is 0 Å². The summed E-state index contributed by atoms with van der Waals surface area (Å²) in [5, 5.41) is 12.1. The molecule has 0 unspecified atom stereocenters. The molecule has 0 amide bonds. The third kappa shape index (κ3) is 4.54. The number of rotatable bonds is 6. The summed E-state index contributed by atoms with van der Waals surface area (Å²) in [5.41, 5.74) is 1.67. The Morgan fingerprint density at radius 1 is 1.30 bits per heavy atom. The zero-order valence-electron chi connectivity index (χ0n) is 12.3. The van der Waals surface area contributed by atoms with E-state index in [1.54, 1.807) is 0 Å². The van der Waals surface area contributed by atoms with Crippen LogP contribution >= 0.6 is 0 Å². The largest absolute Gasteiger partial charge is 0.479 e. The van der Waals surface area contributed by atoms with E-state index in [-0.39, 0.29) is 6.61 Å². The molecule has 0 atom stereocenters. The van der Waals surface area contributed by atoms with Crippen LogP contribution in [0.3, 0.4) is 0 Å². The number of nitriles is 1. The molecule has 2 rings (SSSR count). The molecule has 3 nitrogen and oxygen atoms in total. The molecular weight excluding hydrogens is 248 g/mol. The SMILES string of the molecule is CC1(CNCc2cccc(OCC#N)c2)CCCCC1. The maximum Gasteiger partial charge on any atom is 0.174 e. The van der Waals surface area contributed by atoms with E-state index < -0.39 is 0 Å². The second-order valence-electron chi connectivity index (χ2n) is 6.07. The highest BCUT2D eigenvalue weighted by atomic mass is 16.5. The molecule has 1 aromatic rings. The molecule has 0 aliphatic heterocycles. The average molecular weight is 272 g/mol. The second-order valence-corrected chi connectivity index (χ2v) is 6.07. The summed E-state index contributed by atoms with van der Waals surface area (Å²) in [7, 11) is 0. The van der Waals surface area contributed by atoms with Crippen molar-refractivity contribution in [2.75, 3.05) is 13.2 Å². The van der Waals surface area contributed by atoms with Crippen molar-refractivity contribution in [2.24, 2.45) is 5.41 Å². The first kappa shape index (κ1) is 14.9. The van der Waals surface area contributed by atoms with Gasteiger partial charge in [-0.15, -0.1) is 0 Å². The monoisotopic (exact) mass is 272 g/mol. The van der Waals surface area contributed by atoms with Gasteiger partial charge in [0.05, 0.1) is 0 Å². The van der Waals surface area contributed by atoms with Crippen molar-refractivity contribution in [3.05, 3.63) is 29.8 Å². The molecule has 0 radical (unpaired) electrons. The smallest absolute Gasteiger partial charge is 0.174 e. The van der Waals surface area contributed by atoms with E-state index >= 15 is 0 Å². The zero-order chi connectivity index (χ0) is 14.3. The fraction of sp³-hybridized carbons (Fsp3) is 0.588. The summed E-state index contributed by atoms with van der Waals surface area (Å²) in [6.45, 7) is 4.44. The van der Waals surface area contributed by atoms with Gasteiger partial charge in [0.25, 0.3) is 0 Å². The van der Waals surface area contributed by atoms with E-state index in [0.29, 0.717) is 5.41 Å². The minimum Gasteiger partial charge on any atom is -0.479 e. The molecule has 1 fully saturated rings. The minimum absolute atomic E-state index is 0.106. The van der Waals surface area contributed by atoms with Crippen LogP contribution in [0, 0.1) is 16.7 Å². The molecule has 3 heteroatoms. The molecule has 1 N–H and O–H groups in total. The molecule has 0 spiro atoms. The topological polar surface area (TPSA) is 45.0 Å². The van der Waals surface area contributed by atoms with Gasteiger partial charge in [0.1, 0.15) is 11.8 Å². The summed E-state index contributed by atoms with van der Waals surface area (Å²) in [4.78, 5) is 0. The van der Waals surface area contributed by atoms with Gasteiger partial charge in [-0.25, -0.2) is 0 Å². The maximum absolute atomic E-state index is 8.52. The number of benzene rings is 1. The summed E-state index contributed by atoms with van der Waals surface area (Å²) in [5.74, 6) is 0.773. The fourth-order valence-electron chi connectivity index (χ4n) is 2.95. The molecule has 1 aliphatic carbocycles. The van der Waals surface area contributed by atoms with Crippen LogP contribution in [-0.4, -0.2) is 13.2 Å². The van der Waals surface area contributed by atoms with Crippen molar-refractivity contribution in [1.82, 2.24) is 5.32 Å². The van der Waals surface area contributed by atoms with E-state index in [1.807, 2.05) is 24.3 Å². The lowest BCUT2D eigenvalue weighted by molar-refractivity contribution is 0.207. The van der Waals surface area contributed by atoms with E-state index in [1.165, 1.54) is 37.7 Å². The van der Waals surface area contributed by atoms with Gasteiger partial charge in [0.15, 0.2) is 6.61 Å². The van der Waals surface area contributed by atoms with E-state index in [0.717, 1.165) is 18.8 Å². The first-order valence-electron chi connectivity index (χ1n) is 7.51. The fourth-order valence-corrected chi connectivity index (χ4v) is 2.95.